The van der Waals surface area contributed by atoms with Gasteiger partial charge < -0.3 is 10.1 Å². The maximum Gasteiger partial charge on any atom is 0.492 e. The van der Waals surface area contributed by atoms with Gasteiger partial charge in [-0.25, -0.2) is 0 Å². The summed E-state index contributed by atoms with van der Waals surface area (Å²) in [5.41, 5.74) is 0.808. The fourth-order valence-corrected chi connectivity index (χ4v) is 3.15. The van der Waals surface area contributed by atoms with Gasteiger partial charge in [0.2, 0.25) is 5.16 Å². The van der Waals surface area contributed by atoms with Gasteiger partial charge in [0.05, 0.1) is 5.69 Å². The molecule has 2 aromatic heterocycles. The van der Waals surface area contributed by atoms with E-state index in [2.05, 4.69) is 25.6 Å². The van der Waals surface area contributed by atoms with Crippen LogP contribution >= 0.6 is 11.8 Å². The number of hydrogen-bond donors (Lipinski definition) is 0. The van der Waals surface area contributed by atoms with Crippen LogP contribution in [-0.4, -0.2) is 39.9 Å². The van der Waals surface area contributed by atoms with E-state index in [9.17, 15) is 10.1 Å². The number of aromatic nitrogens is 7. The van der Waals surface area contributed by atoms with Gasteiger partial charge >= 0.3 is 5.95 Å². The standard InChI is InChI=1S/C14H10N8O2S/c1-20-13(15-12(17-20)22(23)24)25-14-16-18-19-21(14)11-8-4-6-9-5-2-3-7-10(9)11/h2-8H,1H3. The van der Waals surface area contributed by atoms with Crippen molar-refractivity contribution in [1.82, 2.24) is 35.0 Å². The maximum atomic E-state index is 10.8. The lowest BCUT2D eigenvalue weighted by Gasteiger charge is -2.06. The van der Waals surface area contributed by atoms with Crippen molar-refractivity contribution in [3.8, 4) is 5.69 Å². The van der Waals surface area contributed by atoms with E-state index in [1.165, 1.54) is 4.68 Å². The molecule has 0 spiro atoms. The summed E-state index contributed by atoms with van der Waals surface area (Å²) in [5.74, 6) is -0.464. The number of rotatable bonds is 4. The summed E-state index contributed by atoms with van der Waals surface area (Å²) >= 11 is 1.10. The molecular formula is C14H10N8O2S. The van der Waals surface area contributed by atoms with Crippen LogP contribution in [0.4, 0.5) is 5.95 Å². The predicted octanol–water partition coefficient (Wildman–Crippen LogP) is 2.00. The number of tetrazole rings is 1. The Balaban J connectivity index is 1.77. The summed E-state index contributed by atoms with van der Waals surface area (Å²) in [6, 6.07) is 13.7. The molecule has 2 aromatic carbocycles. The Morgan fingerprint density at radius 3 is 2.72 bits per heavy atom. The van der Waals surface area contributed by atoms with Gasteiger partial charge in [0.1, 0.15) is 0 Å². The second kappa shape index (κ2) is 5.94. The van der Waals surface area contributed by atoms with Gasteiger partial charge in [0.15, 0.2) is 0 Å². The predicted molar refractivity (Wildman–Crippen MR) is 88.4 cm³/mol. The van der Waals surface area contributed by atoms with Gasteiger partial charge in [-0.1, -0.05) is 36.4 Å². The number of fused-ring (bicyclic) bond motifs is 1. The minimum Gasteiger partial charge on any atom is -0.390 e. The van der Waals surface area contributed by atoms with E-state index in [1.807, 2.05) is 42.5 Å². The number of nitrogens with zero attached hydrogens (tertiary/aromatic N) is 8. The third-order valence-corrected chi connectivity index (χ3v) is 4.47. The molecule has 0 N–H and O–H groups in total. The largest absolute Gasteiger partial charge is 0.492 e. The number of hydrogen-bond acceptors (Lipinski definition) is 8. The maximum absolute atomic E-state index is 10.8. The first kappa shape index (κ1) is 15.2. The molecule has 124 valence electrons. The van der Waals surface area contributed by atoms with E-state index < -0.39 is 10.9 Å². The zero-order chi connectivity index (χ0) is 17.4. The highest BCUT2D eigenvalue weighted by atomic mass is 32.2. The highest BCUT2D eigenvalue weighted by Gasteiger charge is 2.23. The van der Waals surface area contributed by atoms with E-state index in [4.69, 9.17) is 0 Å². The van der Waals surface area contributed by atoms with Crippen molar-refractivity contribution in [2.24, 2.45) is 7.05 Å². The third kappa shape index (κ3) is 2.70. The normalized spacial score (nSPS) is 11.1. The summed E-state index contributed by atoms with van der Waals surface area (Å²) < 4.78 is 2.90. The van der Waals surface area contributed by atoms with Crippen molar-refractivity contribution in [1.29, 1.82) is 0 Å². The van der Waals surface area contributed by atoms with Crippen molar-refractivity contribution < 1.29 is 4.92 Å². The smallest absolute Gasteiger partial charge is 0.390 e. The van der Waals surface area contributed by atoms with Crippen molar-refractivity contribution in [3.05, 3.63) is 52.6 Å². The Kier molecular flexibility index (Phi) is 3.61. The molecule has 0 amide bonds. The van der Waals surface area contributed by atoms with Crippen LogP contribution in [0.25, 0.3) is 16.5 Å². The first-order chi connectivity index (χ1) is 12.1. The third-order valence-electron chi connectivity index (χ3n) is 3.49. The lowest BCUT2D eigenvalue weighted by Crippen LogP contribution is -2.01. The molecule has 0 unspecified atom stereocenters. The molecule has 2 heterocycles. The van der Waals surface area contributed by atoms with E-state index >= 15 is 0 Å². The topological polar surface area (TPSA) is 117 Å². The molecule has 0 saturated heterocycles. The molecule has 0 bridgehead atoms. The van der Waals surface area contributed by atoms with Crippen LogP contribution in [0.5, 0.6) is 0 Å². The summed E-state index contributed by atoms with van der Waals surface area (Å²) in [5, 5.41) is 29.1. The molecule has 0 aliphatic heterocycles. The highest BCUT2D eigenvalue weighted by Crippen LogP contribution is 2.29. The number of nitro groups is 1. The monoisotopic (exact) mass is 354 g/mol. The molecule has 0 radical (unpaired) electrons. The van der Waals surface area contributed by atoms with Gasteiger partial charge in [-0.05, 0) is 31.8 Å². The van der Waals surface area contributed by atoms with Crippen molar-refractivity contribution in [2.75, 3.05) is 0 Å². The summed E-state index contributed by atoms with van der Waals surface area (Å²) in [4.78, 5) is 14.1. The minimum absolute atomic E-state index is 0.322. The molecule has 0 atom stereocenters. The van der Waals surface area contributed by atoms with Gasteiger partial charge in [-0.3, -0.25) is 0 Å². The Hall–Kier alpha value is -3.34. The molecule has 0 fully saturated rings. The van der Waals surface area contributed by atoms with E-state index in [0.29, 0.717) is 10.3 Å². The van der Waals surface area contributed by atoms with Crippen LogP contribution in [0.3, 0.4) is 0 Å². The van der Waals surface area contributed by atoms with Gasteiger partial charge in [-0.15, -0.1) is 5.10 Å². The van der Waals surface area contributed by atoms with E-state index in [1.54, 1.807) is 11.7 Å². The summed E-state index contributed by atoms with van der Waals surface area (Å²) in [6.45, 7) is 0. The fourth-order valence-electron chi connectivity index (χ4n) is 2.39. The SMILES string of the molecule is Cn1nc([N+](=O)[O-])nc1Sc1nnnn1-c1cccc2ccccc12. The van der Waals surface area contributed by atoms with Crippen LogP contribution in [0, 0.1) is 10.1 Å². The van der Waals surface area contributed by atoms with Crippen LogP contribution in [0.15, 0.2) is 52.8 Å². The van der Waals surface area contributed by atoms with Gasteiger partial charge in [0, 0.05) is 29.3 Å². The Morgan fingerprint density at radius 2 is 1.92 bits per heavy atom. The van der Waals surface area contributed by atoms with Gasteiger partial charge in [0.25, 0.3) is 5.16 Å². The molecular weight excluding hydrogens is 344 g/mol. The van der Waals surface area contributed by atoms with E-state index in [0.717, 1.165) is 28.2 Å². The van der Waals surface area contributed by atoms with Crippen LogP contribution < -0.4 is 0 Å². The molecule has 11 heteroatoms. The zero-order valence-electron chi connectivity index (χ0n) is 12.8. The Labute approximate surface area is 144 Å². The quantitative estimate of drug-likeness (QED) is 0.403. The second-order valence-corrected chi connectivity index (χ2v) is 5.98. The van der Waals surface area contributed by atoms with Crippen molar-refractivity contribution in [2.45, 2.75) is 10.3 Å². The van der Waals surface area contributed by atoms with Crippen LogP contribution in [0.2, 0.25) is 0 Å². The average Bonchev–Trinajstić information content (AvgIpc) is 3.22. The average molecular weight is 354 g/mol. The lowest BCUT2D eigenvalue weighted by atomic mass is 10.1. The molecule has 25 heavy (non-hydrogen) atoms. The van der Waals surface area contributed by atoms with Crippen LogP contribution in [0.1, 0.15) is 0 Å². The highest BCUT2D eigenvalue weighted by molar-refractivity contribution is 7.99. The van der Waals surface area contributed by atoms with Crippen molar-refractivity contribution >= 4 is 28.5 Å². The fraction of sp³-hybridized carbons (Fsp3) is 0.0714. The minimum atomic E-state index is -0.641. The molecule has 0 saturated carbocycles. The Bertz CT molecular complexity index is 1080. The second-order valence-electron chi connectivity index (χ2n) is 5.05. The van der Waals surface area contributed by atoms with Gasteiger partial charge in [-0.2, -0.15) is 9.36 Å². The number of aryl methyl sites for hydroxylation is 1. The first-order valence-electron chi connectivity index (χ1n) is 7.13. The Morgan fingerprint density at radius 1 is 1.12 bits per heavy atom. The molecule has 0 aliphatic rings. The summed E-state index contributed by atoms with van der Waals surface area (Å²) in [6.07, 6.45) is 0. The van der Waals surface area contributed by atoms with E-state index in [-0.39, 0.29) is 0 Å². The zero-order valence-corrected chi connectivity index (χ0v) is 13.7. The van der Waals surface area contributed by atoms with Crippen LogP contribution in [-0.2, 0) is 7.05 Å². The summed E-state index contributed by atoms with van der Waals surface area (Å²) in [7, 11) is 1.58. The first-order valence-corrected chi connectivity index (χ1v) is 7.95. The molecule has 4 aromatic rings. The molecule has 0 aliphatic carbocycles. The molecule has 4 rings (SSSR count). The van der Waals surface area contributed by atoms with Crippen molar-refractivity contribution in [3.63, 3.8) is 0 Å². The number of benzene rings is 2. The lowest BCUT2D eigenvalue weighted by molar-refractivity contribution is -0.394. The molecule has 10 nitrogen and oxygen atoms in total.